The van der Waals surface area contributed by atoms with Gasteiger partial charge >= 0.3 is 0 Å². The van der Waals surface area contributed by atoms with Crippen LogP contribution in [0.15, 0.2) is 0 Å². The van der Waals surface area contributed by atoms with E-state index in [1.165, 1.54) is 554 Å². The number of phosphoric acid groups is 1. The van der Waals surface area contributed by atoms with Gasteiger partial charge in [0.1, 0.15) is 0 Å². The third-order valence-electron chi connectivity index (χ3n) is 24.4. The molecule has 0 N–H and O–H groups in total. The molecule has 0 aliphatic heterocycles. The quantitative estimate of drug-likeness (QED) is 0.0345. The Labute approximate surface area is 660 Å². The molecule has 0 spiro atoms. The Morgan fingerprint density at radius 1 is 0.144 bits per heavy atom. The molecule has 632 valence electrons. The third kappa shape index (κ3) is 89.2. The van der Waals surface area contributed by atoms with E-state index in [1.54, 1.807) is 0 Å². The Morgan fingerprint density at radius 3 is 0.279 bits per heavy atom. The van der Waals surface area contributed by atoms with Crippen LogP contribution in [0.1, 0.15) is 545 Å². The standard InChI is InChI=1S/3C32H68N.H3O4P/c3*1-5-9-12-15-18-21-24-27-30-33(8-4,31-28-25-22-19-16-13-10-6-2)32-29-26-23-20-17-14-11-7-3;1-5(2,3)4/h3*5-32H2,1-4H3;(H3,1,2,3,4)/q3*+1;/p-3. The maximum Gasteiger partial charge on any atom is 0.0786 e. The molecular formula is C96H204N3O4P. The monoisotopic (exact) mass is 1490 g/mol. The largest absolute Gasteiger partial charge is 0.822 e. The zero-order chi connectivity index (χ0) is 77.4. The molecule has 0 aromatic rings. The van der Waals surface area contributed by atoms with Crippen molar-refractivity contribution in [2.75, 3.05) is 78.5 Å². The first-order chi connectivity index (χ1) is 50.7. The lowest BCUT2D eigenvalue weighted by Gasteiger charge is -2.38. The van der Waals surface area contributed by atoms with Gasteiger partial charge in [-0.25, -0.2) is 0 Å². The highest BCUT2D eigenvalue weighted by Crippen LogP contribution is 2.24. The van der Waals surface area contributed by atoms with E-state index >= 15 is 0 Å². The van der Waals surface area contributed by atoms with E-state index in [-0.39, 0.29) is 0 Å². The summed E-state index contributed by atoms with van der Waals surface area (Å²) in [5.74, 6) is 0. The molecule has 0 aliphatic carbocycles. The van der Waals surface area contributed by atoms with Crippen LogP contribution in [0.3, 0.4) is 0 Å². The maximum atomic E-state index is 8.55. The molecule has 0 atom stereocenters. The van der Waals surface area contributed by atoms with Crippen molar-refractivity contribution >= 4 is 7.82 Å². The van der Waals surface area contributed by atoms with E-state index in [0.29, 0.717) is 0 Å². The van der Waals surface area contributed by atoms with Crippen molar-refractivity contribution in [1.29, 1.82) is 0 Å². The average molecular weight is 1500 g/mol. The van der Waals surface area contributed by atoms with Crippen LogP contribution in [-0.2, 0) is 4.57 Å². The Hall–Kier alpha value is -0.0100. The second kappa shape index (κ2) is 91.9. The molecule has 0 aromatic carbocycles. The van der Waals surface area contributed by atoms with Crippen LogP contribution < -0.4 is 14.7 Å². The van der Waals surface area contributed by atoms with Gasteiger partial charge in [-0.3, -0.25) is 0 Å². The molecule has 0 amide bonds. The lowest BCUT2D eigenvalue weighted by molar-refractivity contribution is -0.927. The van der Waals surface area contributed by atoms with Gasteiger partial charge in [-0.15, -0.1) is 0 Å². The van der Waals surface area contributed by atoms with E-state index in [9.17, 15) is 0 Å². The van der Waals surface area contributed by atoms with Crippen molar-refractivity contribution in [3.63, 3.8) is 0 Å². The minimum Gasteiger partial charge on any atom is -0.822 e. The average Bonchev–Trinajstić information content (AvgIpc) is 0.917. The second-order valence-corrected chi connectivity index (χ2v) is 35.1. The molecule has 0 fully saturated rings. The molecule has 0 saturated carbocycles. The van der Waals surface area contributed by atoms with Crippen molar-refractivity contribution in [3.8, 4) is 0 Å². The summed E-state index contributed by atoms with van der Waals surface area (Å²) in [5.41, 5.74) is 0. The van der Waals surface area contributed by atoms with Gasteiger partial charge in [-0.05, 0) is 136 Å². The molecular weight excluding hydrogens is 1290 g/mol. The summed E-state index contributed by atoms with van der Waals surface area (Å²) >= 11 is 0. The zero-order valence-electron chi connectivity index (χ0n) is 74.8. The Balaban J connectivity index is -0.000000696. The fourth-order valence-corrected chi connectivity index (χ4v) is 16.7. The van der Waals surface area contributed by atoms with Gasteiger partial charge < -0.3 is 32.7 Å². The van der Waals surface area contributed by atoms with Gasteiger partial charge in [0.2, 0.25) is 0 Å². The van der Waals surface area contributed by atoms with Crippen LogP contribution in [0.5, 0.6) is 0 Å². The summed E-state index contributed by atoms with van der Waals surface area (Å²) < 4.78 is 12.8. The number of rotatable bonds is 84. The van der Waals surface area contributed by atoms with Crippen LogP contribution >= 0.6 is 7.82 Å². The van der Waals surface area contributed by atoms with Crippen LogP contribution in [0, 0.1) is 0 Å². The first-order valence-electron chi connectivity index (χ1n) is 49.0. The Bertz CT molecular complexity index is 1240. The van der Waals surface area contributed by atoms with Crippen molar-refractivity contribution in [2.24, 2.45) is 0 Å². The summed E-state index contributed by atoms with van der Waals surface area (Å²) in [6, 6.07) is 0. The molecule has 0 unspecified atom stereocenters. The van der Waals surface area contributed by atoms with Gasteiger partial charge in [-0.1, -0.05) is 409 Å². The van der Waals surface area contributed by atoms with Gasteiger partial charge in [0.15, 0.2) is 0 Å². The van der Waals surface area contributed by atoms with E-state index in [0.717, 1.165) is 0 Å². The minimum absolute atomic E-state index is 1.36. The number of quaternary nitrogens is 3. The topological polar surface area (TPSA) is 86.2 Å². The smallest absolute Gasteiger partial charge is 0.0786 e. The van der Waals surface area contributed by atoms with Crippen molar-refractivity contribution in [2.45, 2.75) is 545 Å². The SMILES string of the molecule is CCCCCCCCCC[N+](CC)(CCCCCCCCCC)CCCCCCCCCC.CCCCCCCCCC[N+](CC)(CCCCCCCCCC)CCCCCCCCCC.CCCCCCCCCC[N+](CC)(CCCCCCCCCC)CCCCCCCCCC.O=P([O-])([O-])[O-]. The summed E-state index contributed by atoms with van der Waals surface area (Å²) in [7, 11) is -5.39. The molecule has 104 heavy (non-hydrogen) atoms. The van der Waals surface area contributed by atoms with Gasteiger partial charge in [0, 0.05) is 0 Å². The van der Waals surface area contributed by atoms with E-state index in [4.69, 9.17) is 19.2 Å². The molecule has 0 rings (SSSR count). The highest BCUT2D eigenvalue weighted by molar-refractivity contribution is 7.40. The third-order valence-corrected chi connectivity index (χ3v) is 24.4. The summed E-state index contributed by atoms with van der Waals surface area (Å²) in [6.45, 7) is 45.5. The summed E-state index contributed by atoms with van der Waals surface area (Å²) in [4.78, 5) is 25.6. The molecule has 7 nitrogen and oxygen atoms in total. The van der Waals surface area contributed by atoms with Crippen LogP contribution in [0.25, 0.3) is 0 Å². The van der Waals surface area contributed by atoms with E-state index < -0.39 is 7.82 Å². The molecule has 0 bridgehead atoms. The zero-order valence-corrected chi connectivity index (χ0v) is 75.7. The fraction of sp³-hybridized carbons (Fsp3) is 1.00. The predicted octanol–water partition coefficient (Wildman–Crippen LogP) is 30.9. The first-order valence-corrected chi connectivity index (χ1v) is 50.5. The van der Waals surface area contributed by atoms with E-state index in [1.807, 2.05) is 0 Å². The van der Waals surface area contributed by atoms with Crippen LogP contribution in [0.2, 0.25) is 0 Å². The number of unbranched alkanes of at least 4 members (excludes halogenated alkanes) is 63. The normalized spacial score (nSPS) is 12.0. The number of hydrogen-bond donors (Lipinski definition) is 0. The maximum absolute atomic E-state index is 8.55. The van der Waals surface area contributed by atoms with E-state index in [2.05, 4.69) is 83.1 Å². The predicted molar refractivity (Wildman–Crippen MR) is 467 cm³/mol. The number of hydrogen-bond acceptors (Lipinski definition) is 4. The van der Waals surface area contributed by atoms with Crippen LogP contribution in [-0.4, -0.2) is 92.0 Å². The highest BCUT2D eigenvalue weighted by atomic mass is 31.2. The first kappa shape index (κ1) is 110. The summed E-state index contributed by atoms with van der Waals surface area (Å²) in [6.07, 6.45) is 105. The Morgan fingerprint density at radius 2 is 0.212 bits per heavy atom. The van der Waals surface area contributed by atoms with Crippen LogP contribution in [0.4, 0.5) is 0 Å². The van der Waals surface area contributed by atoms with Crippen molar-refractivity contribution in [3.05, 3.63) is 0 Å². The molecule has 0 heterocycles. The Kier molecular flexibility index (Phi) is 97.4. The highest BCUT2D eigenvalue weighted by Gasteiger charge is 2.27. The minimum atomic E-state index is -5.39. The lowest BCUT2D eigenvalue weighted by Crippen LogP contribution is -2.50. The second-order valence-electron chi connectivity index (χ2n) is 34.2. The van der Waals surface area contributed by atoms with Gasteiger partial charge in [-0.2, -0.15) is 7.82 Å². The lowest BCUT2D eigenvalue weighted by atomic mass is 10.0. The van der Waals surface area contributed by atoms with Gasteiger partial charge in [0.25, 0.3) is 0 Å². The molecule has 0 aliphatic rings. The van der Waals surface area contributed by atoms with Gasteiger partial charge in [0.05, 0.1) is 78.5 Å². The molecule has 8 heteroatoms. The fourth-order valence-electron chi connectivity index (χ4n) is 16.7. The molecule has 0 saturated heterocycles. The van der Waals surface area contributed by atoms with Crippen molar-refractivity contribution < 1.29 is 32.7 Å². The van der Waals surface area contributed by atoms with Crippen molar-refractivity contribution in [1.82, 2.24) is 0 Å². The summed E-state index contributed by atoms with van der Waals surface area (Å²) in [5, 5.41) is 0. The number of nitrogens with zero attached hydrogens (tertiary/aromatic N) is 3. The molecule has 0 radical (unpaired) electrons. The molecule has 0 aromatic heterocycles.